The standard InChI is InChI=1S/C9H18O/c1-5-6-8(4)9(10)7(2)3/h6-7,9-10H,5H2,1-4H3/b8-6+/t9-/m1/s1. The Morgan fingerprint density at radius 2 is 2.00 bits per heavy atom. The van der Waals surface area contributed by atoms with Crippen molar-refractivity contribution in [2.45, 2.75) is 40.2 Å². The van der Waals surface area contributed by atoms with Gasteiger partial charge in [0.1, 0.15) is 0 Å². The quantitative estimate of drug-likeness (QED) is 0.600. The fourth-order valence-electron chi connectivity index (χ4n) is 0.969. The van der Waals surface area contributed by atoms with Crippen LogP contribution in [0.5, 0.6) is 0 Å². The Morgan fingerprint density at radius 1 is 1.50 bits per heavy atom. The first-order chi connectivity index (χ1) is 4.59. The van der Waals surface area contributed by atoms with Crippen molar-refractivity contribution >= 4 is 0 Å². The number of allylic oxidation sites excluding steroid dienone is 1. The fraction of sp³-hybridized carbons (Fsp3) is 0.778. The van der Waals surface area contributed by atoms with Gasteiger partial charge in [0.2, 0.25) is 0 Å². The lowest BCUT2D eigenvalue weighted by Crippen LogP contribution is -2.15. The molecule has 0 rings (SSSR count). The Balaban J connectivity index is 3.93. The molecule has 0 saturated heterocycles. The molecule has 0 heterocycles. The van der Waals surface area contributed by atoms with E-state index >= 15 is 0 Å². The maximum atomic E-state index is 9.46. The Hall–Kier alpha value is -0.300. The number of aliphatic hydroxyl groups excluding tert-OH is 1. The van der Waals surface area contributed by atoms with Crippen molar-refractivity contribution < 1.29 is 5.11 Å². The van der Waals surface area contributed by atoms with Crippen LogP contribution in [0.25, 0.3) is 0 Å². The lowest BCUT2D eigenvalue weighted by molar-refractivity contribution is 0.160. The molecule has 0 bridgehead atoms. The van der Waals surface area contributed by atoms with Crippen molar-refractivity contribution in [3.63, 3.8) is 0 Å². The van der Waals surface area contributed by atoms with E-state index in [9.17, 15) is 5.11 Å². The molecule has 0 spiro atoms. The van der Waals surface area contributed by atoms with Crippen LogP contribution in [0.2, 0.25) is 0 Å². The molecule has 1 nitrogen and oxygen atoms in total. The third-order valence-corrected chi connectivity index (χ3v) is 1.62. The monoisotopic (exact) mass is 142 g/mol. The van der Waals surface area contributed by atoms with Crippen LogP contribution < -0.4 is 0 Å². The van der Waals surface area contributed by atoms with Crippen LogP contribution in [0.1, 0.15) is 34.1 Å². The van der Waals surface area contributed by atoms with Gasteiger partial charge in [-0.05, 0) is 24.8 Å². The molecule has 0 aliphatic carbocycles. The van der Waals surface area contributed by atoms with Gasteiger partial charge >= 0.3 is 0 Å². The van der Waals surface area contributed by atoms with Crippen molar-refractivity contribution in [2.24, 2.45) is 5.92 Å². The minimum absolute atomic E-state index is 0.250. The van der Waals surface area contributed by atoms with Gasteiger partial charge < -0.3 is 5.11 Å². The van der Waals surface area contributed by atoms with Gasteiger partial charge in [0, 0.05) is 0 Å². The maximum Gasteiger partial charge on any atom is 0.0770 e. The van der Waals surface area contributed by atoms with Crippen LogP contribution in [0.4, 0.5) is 0 Å². The maximum absolute atomic E-state index is 9.46. The minimum Gasteiger partial charge on any atom is -0.389 e. The van der Waals surface area contributed by atoms with Gasteiger partial charge in [0.25, 0.3) is 0 Å². The summed E-state index contributed by atoms with van der Waals surface area (Å²) in [6.45, 7) is 8.11. The summed E-state index contributed by atoms with van der Waals surface area (Å²) < 4.78 is 0. The summed E-state index contributed by atoms with van der Waals surface area (Å²) in [6.07, 6.45) is 2.83. The summed E-state index contributed by atoms with van der Waals surface area (Å²) in [5.41, 5.74) is 1.09. The van der Waals surface area contributed by atoms with E-state index in [-0.39, 0.29) is 6.10 Å². The molecule has 0 aromatic heterocycles. The van der Waals surface area contributed by atoms with E-state index in [1.807, 2.05) is 20.8 Å². The first-order valence-corrected chi connectivity index (χ1v) is 3.94. The topological polar surface area (TPSA) is 20.2 Å². The van der Waals surface area contributed by atoms with Gasteiger partial charge in [-0.25, -0.2) is 0 Å². The van der Waals surface area contributed by atoms with Gasteiger partial charge in [-0.2, -0.15) is 0 Å². The van der Waals surface area contributed by atoms with E-state index in [0.717, 1.165) is 12.0 Å². The molecule has 10 heavy (non-hydrogen) atoms. The second-order valence-electron chi connectivity index (χ2n) is 3.05. The van der Waals surface area contributed by atoms with E-state index in [2.05, 4.69) is 13.0 Å². The smallest absolute Gasteiger partial charge is 0.0770 e. The molecule has 0 radical (unpaired) electrons. The van der Waals surface area contributed by atoms with Crippen LogP contribution in [0.3, 0.4) is 0 Å². The first-order valence-electron chi connectivity index (χ1n) is 3.94. The molecule has 0 aliphatic rings. The molecule has 1 heteroatoms. The Morgan fingerprint density at radius 3 is 2.30 bits per heavy atom. The van der Waals surface area contributed by atoms with Crippen LogP contribution in [0, 0.1) is 5.92 Å². The van der Waals surface area contributed by atoms with Crippen molar-refractivity contribution in [1.82, 2.24) is 0 Å². The van der Waals surface area contributed by atoms with Gasteiger partial charge in [0.05, 0.1) is 6.10 Å². The molecule has 1 N–H and O–H groups in total. The average molecular weight is 142 g/mol. The van der Waals surface area contributed by atoms with Gasteiger partial charge in [0.15, 0.2) is 0 Å². The highest BCUT2D eigenvalue weighted by Gasteiger charge is 2.09. The number of rotatable bonds is 3. The van der Waals surface area contributed by atoms with E-state index < -0.39 is 0 Å². The van der Waals surface area contributed by atoms with E-state index in [1.54, 1.807) is 0 Å². The Bertz CT molecular complexity index is 114. The second kappa shape index (κ2) is 4.51. The highest BCUT2D eigenvalue weighted by atomic mass is 16.3. The third kappa shape index (κ3) is 3.02. The molecule has 0 fully saturated rings. The van der Waals surface area contributed by atoms with Gasteiger partial charge in [-0.1, -0.05) is 26.8 Å². The summed E-state index contributed by atoms with van der Waals surface area (Å²) in [6, 6.07) is 0. The third-order valence-electron chi connectivity index (χ3n) is 1.62. The molecular weight excluding hydrogens is 124 g/mol. The van der Waals surface area contributed by atoms with E-state index in [0.29, 0.717) is 5.92 Å². The molecular formula is C9H18O. The van der Waals surface area contributed by atoms with E-state index in [1.165, 1.54) is 0 Å². The highest BCUT2D eigenvalue weighted by Crippen LogP contribution is 2.11. The largest absolute Gasteiger partial charge is 0.389 e. The first kappa shape index (κ1) is 9.70. The molecule has 1 atom stereocenters. The predicted octanol–water partition coefficient (Wildman–Crippen LogP) is 2.36. The molecule has 0 aromatic rings. The molecule has 0 aliphatic heterocycles. The summed E-state index contributed by atoms with van der Waals surface area (Å²) in [7, 11) is 0. The number of aliphatic hydroxyl groups is 1. The lowest BCUT2D eigenvalue weighted by Gasteiger charge is -2.14. The summed E-state index contributed by atoms with van der Waals surface area (Å²) in [5, 5.41) is 9.46. The van der Waals surface area contributed by atoms with Crippen LogP contribution in [-0.4, -0.2) is 11.2 Å². The summed E-state index contributed by atoms with van der Waals surface area (Å²) in [5.74, 6) is 0.336. The van der Waals surface area contributed by atoms with E-state index in [4.69, 9.17) is 0 Å². The zero-order chi connectivity index (χ0) is 8.15. The normalized spacial score (nSPS) is 16.0. The average Bonchev–Trinajstić information content (AvgIpc) is 1.87. The van der Waals surface area contributed by atoms with Crippen molar-refractivity contribution in [1.29, 1.82) is 0 Å². The SMILES string of the molecule is CC/C=C(\C)[C@H](O)C(C)C. The highest BCUT2D eigenvalue weighted by molar-refractivity contribution is 5.04. The van der Waals surface area contributed by atoms with Crippen LogP contribution in [-0.2, 0) is 0 Å². The fourth-order valence-corrected chi connectivity index (χ4v) is 0.969. The van der Waals surface area contributed by atoms with Crippen LogP contribution >= 0.6 is 0 Å². The van der Waals surface area contributed by atoms with Gasteiger partial charge in [-0.3, -0.25) is 0 Å². The number of hydrogen-bond donors (Lipinski definition) is 1. The second-order valence-corrected chi connectivity index (χ2v) is 3.05. The molecule has 0 amide bonds. The molecule has 60 valence electrons. The minimum atomic E-state index is -0.250. The van der Waals surface area contributed by atoms with Gasteiger partial charge in [-0.15, -0.1) is 0 Å². The molecule has 0 saturated carbocycles. The lowest BCUT2D eigenvalue weighted by atomic mass is 10.00. The predicted molar refractivity (Wildman–Crippen MR) is 44.9 cm³/mol. The molecule has 0 aromatic carbocycles. The van der Waals surface area contributed by atoms with Crippen LogP contribution in [0.15, 0.2) is 11.6 Å². The van der Waals surface area contributed by atoms with Crippen molar-refractivity contribution in [2.75, 3.05) is 0 Å². The summed E-state index contributed by atoms with van der Waals surface area (Å²) in [4.78, 5) is 0. The molecule has 0 unspecified atom stereocenters. The van der Waals surface area contributed by atoms with Crippen molar-refractivity contribution in [3.8, 4) is 0 Å². The zero-order valence-corrected chi connectivity index (χ0v) is 7.39. The Kier molecular flexibility index (Phi) is 4.37. The van der Waals surface area contributed by atoms with Crippen molar-refractivity contribution in [3.05, 3.63) is 11.6 Å². The zero-order valence-electron chi connectivity index (χ0n) is 7.39. The summed E-state index contributed by atoms with van der Waals surface area (Å²) >= 11 is 0. The number of hydrogen-bond acceptors (Lipinski definition) is 1. The Labute approximate surface area is 63.8 Å².